The minimum Gasteiger partial charge on any atom is -0.290 e. The SMILES string of the molecule is O=C(/C=C/c1cncc(C(F)(F)F)n1)/C=C/c1cncc(C(F)(F)F)n1. The number of aromatic nitrogens is 4. The molecule has 0 amide bonds. The first-order chi connectivity index (χ1) is 12.1. The molecule has 0 unspecified atom stereocenters. The van der Waals surface area contributed by atoms with Crippen molar-refractivity contribution < 1.29 is 31.1 Å². The molecule has 2 rings (SSSR count). The van der Waals surface area contributed by atoms with Crippen LogP contribution in [0.3, 0.4) is 0 Å². The molecule has 0 saturated carbocycles. The molecule has 0 aliphatic carbocycles. The van der Waals surface area contributed by atoms with Gasteiger partial charge in [0.05, 0.1) is 36.2 Å². The van der Waals surface area contributed by atoms with Crippen LogP contribution in [0.15, 0.2) is 36.9 Å². The fraction of sp³-hybridized carbons (Fsp3) is 0.133. The number of rotatable bonds is 4. The van der Waals surface area contributed by atoms with Crippen LogP contribution in [-0.2, 0) is 17.1 Å². The fourth-order valence-corrected chi connectivity index (χ4v) is 1.59. The summed E-state index contributed by atoms with van der Waals surface area (Å²) in [5.41, 5.74) is -2.86. The molecule has 2 heterocycles. The minimum absolute atomic E-state index is 0.208. The first-order valence-electron chi connectivity index (χ1n) is 6.74. The van der Waals surface area contributed by atoms with Crippen LogP contribution in [0.2, 0.25) is 0 Å². The lowest BCUT2D eigenvalue weighted by molar-refractivity contribution is -0.142. The van der Waals surface area contributed by atoms with Crippen LogP contribution in [0, 0.1) is 0 Å². The molecule has 0 aliphatic heterocycles. The van der Waals surface area contributed by atoms with Gasteiger partial charge in [0.1, 0.15) is 0 Å². The maximum atomic E-state index is 12.5. The van der Waals surface area contributed by atoms with Gasteiger partial charge in [0.25, 0.3) is 0 Å². The van der Waals surface area contributed by atoms with Gasteiger partial charge in [-0.15, -0.1) is 0 Å². The summed E-state index contributed by atoms with van der Waals surface area (Å²) in [6.07, 6.45) is -2.49. The third kappa shape index (κ3) is 5.46. The lowest BCUT2D eigenvalue weighted by Gasteiger charge is -2.04. The Morgan fingerprint density at radius 1 is 0.731 bits per heavy atom. The van der Waals surface area contributed by atoms with Crippen LogP contribution in [0.4, 0.5) is 26.3 Å². The first-order valence-corrected chi connectivity index (χ1v) is 6.74. The van der Waals surface area contributed by atoms with Crippen molar-refractivity contribution in [3.63, 3.8) is 0 Å². The van der Waals surface area contributed by atoms with E-state index in [2.05, 4.69) is 19.9 Å². The van der Waals surface area contributed by atoms with Crippen molar-refractivity contribution in [1.29, 1.82) is 0 Å². The van der Waals surface area contributed by atoms with Crippen LogP contribution in [0.25, 0.3) is 12.2 Å². The lowest BCUT2D eigenvalue weighted by atomic mass is 10.2. The largest absolute Gasteiger partial charge is 0.434 e. The third-order valence-electron chi connectivity index (χ3n) is 2.72. The molecule has 0 atom stereocenters. The van der Waals surface area contributed by atoms with Crippen LogP contribution >= 0.6 is 0 Å². The summed E-state index contributed by atoms with van der Waals surface area (Å²) in [5.74, 6) is -0.705. The highest BCUT2D eigenvalue weighted by Crippen LogP contribution is 2.27. The van der Waals surface area contributed by atoms with E-state index in [1.54, 1.807) is 0 Å². The number of hydrogen-bond donors (Lipinski definition) is 0. The average molecular weight is 374 g/mol. The number of halogens is 6. The number of allylic oxidation sites excluding steroid dienone is 2. The van der Waals surface area contributed by atoms with Crippen molar-refractivity contribution in [1.82, 2.24) is 19.9 Å². The predicted octanol–water partition coefficient (Wildman–Crippen LogP) is 3.60. The normalized spacial score (nSPS) is 12.8. The van der Waals surface area contributed by atoms with Crippen LogP contribution < -0.4 is 0 Å². The maximum Gasteiger partial charge on any atom is 0.434 e. The van der Waals surface area contributed by atoms with Crippen molar-refractivity contribution in [3.05, 3.63) is 59.7 Å². The number of carbonyl (C=O) groups is 1. The summed E-state index contributed by atoms with van der Waals surface area (Å²) >= 11 is 0. The topological polar surface area (TPSA) is 68.6 Å². The van der Waals surface area contributed by atoms with Gasteiger partial charge < -0.3 is 0 Å². The molecule has 2 aromatic rings. The Labute approximate surface area is 142 Å². The van der Waals surface area contributed by atoms with Gasteiger partial charge in [0.15, 0.2) is 17.2 Å². The summed E-state index contributed by atoms with van der Waals surface area (Å²) in [4.78, 5) is 24.9. The maximum absolute atomic E-state index is 12.5. The van der Waals surface area contributed by atoms with Crippen molar-refractivity contribution in [2.45, 2.75) is 12.4 Å². The summed E-state index contributed by atoms with van der Waals surface area (Å²) in [6, 6.07) is 0. The highest BCUT2D eigenvalue weighted by Gasteiger charge is 2.33. The summed E-state index contributed by atoms with van der Waals surface area (Å²) < 4.78 is 75.0. The smallest absolute Gasteiger partial charge is 0.290 e. The molecule has 136 valence electrons. The monoisotopic (exact) mass is 374 g/mol. The second-order valence-corrected chi connectivity index (χ2v) is 4.72. The van der Waals surface area contributed by atoms with Gasteiger partial charge in [-0.2, -0.15) is 26.3 Å². The standard InChI is InChI=1S/C15H8F6N4O/c16-14(17,18)12-7-22-5-9(24-12)1-3-11(26)4-2-10-6-23-8-13(25-10)15(19,20)21/h1-8H/b3-1+,4-2+. The molecule has 0 saturated heterocycles. The van der Waals surface area contributed by atoms with Crippen molar-refractivity contribution in [3.8, 4) is 0 Å². The summed E-state index contributed by atoms with van der Waals surface area (Å²) in [5, 5.41) is 0. The molecule has 0 fully saturated rings. The number of hydrogen-bond acceptors (Lipinski definition) is 5. The molecule has 0 aliphatic rings. The van der Waals surface area contributed by atoms with Gasteiger partial charge in [0.2, 0.25) is 0 Å². The van der Waals surface area contributed by atoms with Crippen LogP contribution in [0.5, 0.6) is 0 Å². The zero-order valence-electron chi connectivity index (χ0n) is 12.6. The minimum atomic E-state index is -4.68. The molecule has 26 heavy (non-hydrogen) atoms. The van der Waals surface area contributed by atoms with E-state index in [0.29, 0.717) is 12.4 Å². The molecule has 0 bridgehead atoms. The average Bonchev–Trinajstić information content (AvgIpc) is 2.57. The van der Waals surface area contributed by atoms with E-state index < -0.39 is 29.5 Å². The van der Waals surface area contributed by atoms with Crippen molar-refractivity contribution in [2.24, 2.45) is 0 Å². The number of ketones is 1. The molecular weight excluding hydrogens is 366 g/mol. The van der Waals surface area contributed by atoms with E-state index in [4.69, 9.17) is 0 Å². The van der Waals surface area contributed by atoms with E-state index in [1.165, 1.54) is 0 Å². The Morgan fingerprint density at radius 3 is 1.46 bits per heavy atom. The number of alkyl halides is 6. The Kier molecular flexibility index (Phi) is 5.48. The van der Waals surface area contributed by atoms with Crippen molar-refractivity contribution in [2.75, 3.05) is 0 Å². The molecule has 0 spiro atoms. The van der Waals surface area contributed by atoms with Gasteiger partial charge in [-0.3, -0.25) is 14.8 Å². The quantitative estimate of drug-likeness (QED) is 0.604. The lowest BCUT2D eigenvalue weighted by Crippen LogP contribution is -2.09. The highest BCUT2D eigenvalue weighted by molar-refractivity contribution is 6.04. The summed E-state index contributed by atoms with van der Waals surface area (Å²) in [6.45, 7) is 0. The molecule has 5 nitrogen and oxygen atoms in total. The zero-order chi connectivity index (χ0) is 19.4. The Balaban J connectivity index is 2.09. The molecule has 2 aromatic heterocycles. The van der Waals surface area contributed by atoms with Gasteiger partial charge >= 0.3 is 12.4 Å². The molecule has 0 aromatic carbocycles. The van der Waals surface area contributed by atoms with Gasteiger partial charge in [0, 0.05) is 0 Å². The number of nitrogens with zero attached hydrogens (tertiary/aromatic N) is 4. The van der Waals surface area contributed by atoms with E-state index in [9.17, 15) is 31.1 Å². The van der Waals surface area contributed by atoms with Crippen molar-refractivity contribution >= 4 is 17.9 Å². The van der Waals surface area contributed by atoms with E-state index in [1.807, 2.05) is 0 Å². The van der Waals surface area contributed by atoms with Gasteiger partial charge in [-0.1, -0.05) is 0 Å². The third-order valence-corrected chi connectivity index (χ3v) is 2.72. The summed E-state index contributed by atoms with van der Waals surface area (Å²) in [7, 11) is 0. The Hall–Kier alpha value is -3.11. The van der Waals surface area contributed by atoms with E-state index in [0.717, 1.165) is 36.7 Å². The zero-order valence-corrected chi connectivity index (χ0v) is 12.6. The predicted molar refractivity (Wildman–Crippen MR) is 77.1 cm³/mol. The second-order valence-electron chi connectivity index (χ2n) is 4.72. The molecule has 0 N–H and O–H groups in total. The molecule has 0 radical (unpaired) electrons. The second kappa shape index (κ2) is 7.42. The molecule has 11 heteroatoms. The number of carbonyl (C=O) groups excluding carboxylic acids is 1. The van der Waals surface area contributed by atoms with E-state index >= 15 is 0 Å². The fourth-order valence-electron chi connectivity index (χ4n) is 1.59. The Bertz CT molecular complexity index is 788. The van der Waals surface area contributed by atoms with E-state index in [-0.39, 0.29) is 11.4 Å². The van der Waals surface area contributed by atoms with Gasteiger partial charge in [-0.25, -0.2) is 9.97 Å². The highest BCUT2D eigenvalue weighted by atomic mass is 19.4. The molecular formula is C15H8F6N4O. The van der Waals surface area contributed by atoms with Crippen LogP contribution in [-0.4, -0.2) is 25.7 Å². The van der Waals surface area contributed by atoms with Gasteiger partial charge in [-0.05, 0) is 24.3 Å². The first kappa shape index (κ1) is 19.2. The Morgan fingerprint density at radius 2 is 1.12 bits per heavy atom. The van der Waals surface area contributed by atoms with Crippen LogP contribution in [0.1, 0.15) is 22.8 Å².